The van der Waals surface area contributed by atoms with Crippen LogP contribution in [-0.2, 0) is 14.3 Å². The number of aryl methyl sites for hydroxylation is 1. The molecule has 1 fully saturated rings. The largest absolute Gasteiger partial charge is 0.465 e. The number of nitrogens with zero attached hydrogens (tertiary/aromatic N) is 1. The zero-order valence-electron chi connectivity index (χ0n) is 11.0. The molecule has 0 unspecified atom stereocenters. The SMILES string of the molecule is CCOC(=O)CN1C(=O)S/C(=C\c2sccc2C)C1=O. The van der Waals surface area contributed by atoms with Gasteiger partial charge in [0.25, 0.3) is 11.1 Å². The molecule has 1 aromatic heterocycles. The molecule has 0 N–H and O–H groups in total. The van der Waals surface area contributed by atoms with Gasteiger partial charge in [-0.1, -0.05) is 0 Å². The lowest BCUT2D eigenvalue weighted by atomic mass is 10.2. The Labute approximate surface area is 124 Å². The fourth-order valence-electron chi connectivity index (χ4n) is 1.62. The molecule has 0 radical (unpaired) electrons. The minimum absolute atomic E-state index is 0.222. The van der Waals surface area contributed by atoms with E-state index in [2.05, 4.69) is 0 Å². The molecule has 1 aliphatic heterocycles. The van der Waals surface area contributed by atoms with Crippen LogP contribution in [0, 0.1) is 6.92 Å². The molecule has 2 amide bonds. The average Bonchev–Trinajstić information content (AvgIpc) is 2.90. The third-order valence-corrected chi connectivity index (χ3v) is 4.50. The highest BCUT2D eigenvalue weighted by molar-refractivity contribution is 8.18. The van der Waals surface area contributed by atoms with Crippen LogP contribution < -0.4 is 0 Å². The van der Waals surface area contributed by atoms with Gasteiger partial charge in [0.15, 0.2) is 0 Å². The summed E-state index contributed by atoms with van der Waals surface area (Å²) in [5, 5.41) is 1.48. The van der Waals surface area contributed by atoms with Gasteiger partial charge in [0, 0.05) is 4.88 Å². The molecule has 0 atom stereocenters. The van der Waals surface area contributed by atoms with E-state index in [1.54, 1.807) is 13.0 Å². The molecule has 2 rings (SSSR count). The standard InChI is InChI=1S/C13H13NO4S2/c1-3-18-11(15)7-14-12(16)10(20-13(14)17)6-9-8(2)4-5-19-9/h4-6H,3,7H2,1-2H3/b10-6-. The summed E-state index contributed by atoms with van der Waals surface area (Å²) in [5.74, 6) is -1.02. The number of carbonyl (C=O) groups is 3. The molecule has 7 heteroatoms. The van der Waals surface area contributed by atoms with Crippen LogP contribution in [0.4, 0.5) is 4.79 Å². The molecule has 1 aromatic rings. The molecule has 2 heterocycles. The second-order valence-electron chi connectivity index (χ2n) is 4.04. The van der Waals surface area contributed by atoms with E-state index in [-0.39, 0.29) is 13.2 Å². The Kier molecular flexibility index (Phi) is 4.61. The Balaban J connectivity index is 2.15. The Hall–Kier alpha value is -1.60. The molecule has 5 nitrogen and oxygen atoms in total. The van der Waals surface area contributed by atoms with Gasteiger partial charge in [0.1, 0.15) is 6.54 Å². The fraction of sp³-hybridized carbons (Fsp3) is 0.308. The van der Waals surface area contributed by atoms with Crippen LogP contribution in [0.5, 0.6) is 0 Å². The maximum absolute atomic E-state index is 12.1. The van der Waals surface area contributed by atoms with Crippen LogP contribution in [0.25, 0.3) is 6.08 Å². The third-order valence-electron chi connectivity index (χ3n) is 2.63. The highest BCUT2D eigenvalue weighted by Crippen LogP contribution is 2.33. The molecular formula is C13H13NO4S2. The summed E-state index contributed by atoms with van der Waals surface area (Å²) in [6.07, 6.45) is 1.69. The lowest BCUT2D eigenvalue weighted by Crippen LogP contribution is -2.34. The van der Waals surface area contributed by atoms with Crippen LogP contribution in [0.2, 0.25) is 0 Å². The van der Waals surface area contributed by atoms with Crippen molar-refractivity contribution >= 4 is 46.3 Å². The maximum atomic E-state index is 12.1. The van der Waals surface area contributed by atoms with Crippen molar-refractivity contribution in [3.05, 3.63) is 26.8 Å². The number of amides is 2. The number of imide groups is 1. The van der Waals surface area contributed by atoms with Gasteiger partial charge in [-0.25, -0.2) is 0 Å². The number of carbonyl (C=O) groups excluding carboxylic acids is 3. The topological polar surface area (TPSA) is 63.7 Å². The van der Waals surface area contributed by atoms with E-state index in [1.807, 2.05) is 18.4 Å². The van der Waals surface area contributed by atoms with Gasteiger partial charge in [-0.2, -0.15) is 0 Å². The molecule has 0 spiro atoms. The quantitative estimate of drug-likeness (QED) is 0.632. The second-order valence-corrected chi connectivity index (χ2v) is 5.98. The highest BCUT2D eigenvalue weighted by atomic mass is 32.2. The van der Waals surface area contributed by atoms with E-state index in [9.17, 15) is 14.4 Å². The van der Waals surface area contributed by atoms with Crippen molar-refractivity contribution in [2.24, 2.45) is 0 Å². The van der Waals surface area contributed by atoms with E-state index in [0.717, 1.165) is 27.1 Å². The molecule has 0 bridgehead atoms. The zero-order valence-corrected chi connectivity index (χ0v) is 12.7. The zero-order chi connectivity index (χ0) is 14.7. The number of ether oxygens (including phenoxy) is 1. The van der Waals surface area contributed by atoms with E-state index >= 15 is 0 Å². The van der Waals surface area contributed by atoms with Gasteiger partial charge in [0.05, 0.1) is 11.5 Å². The molecular weight excluding hydrogens is 298 g/mol. The molecule has 0 aliphatic carbocycles. The van der Waals surface area contributed by atoms with Crippen molar-refractivity contribution < 1.29 is 19.1 Å². The minimum atomic E-state index is -0.580. The minimum Gasteiger partial charge on any atom is -0.465 e. The number of hydrogen-bond acceptors (Lipinski definition) is 6. The monoisotopic (exact) mass is 311 g/mol. The number of esters is 1. The summed E-state index contributed by atoms with van der Waals surface area (Å²) in [5.41, 5.74) is 1.05. The van der Waals surface area contributed by atoms with Crippen LogP contribution in [0.15, 0.2) is 16.4 Å². The van der Waals surface area contributed by atoms with Gasteiger partial charge in [0.2, 0.25) is 0 Å². The number of thioether (sulfide) groups is 1. The summed E-state index contributed by atoms with van der Waals surface area (Å²) in [4.78, 5) is 37.4. The number of rotatable bonds is 4. The van der Waals surface area contributed by atoms with Crippen molar-refractivity contribution in [3.8, 4) is 0 Å². The fourth-order valence-corrected chi connectivity index (χ4v) is 3.38. The van der Waals surface area contributed by atoms with Gasteiger partial charge < -0.3 is 4.74 Å². The highest BCUT2D eigenvalue weighted by Gasteiger charge is 2.36. The second kappa shape index (κ2) is 6.23. The van der Waals surface area contributed by atoms with Gasteiger partial charge in [-0.15, -0.1) is 11.3 Å². The summed E-state index contributed by atoms with van der Waals surface area (Å²) in [6.45, 7) is 3.49. The number of hydrogen-bond donors (Lipinski definition) is 0. The van der Waals surface area contributed by atoms with Gasteiger partial charge in [-0.05, 0) is 48.7 Å². The van der Waals surface area contributed by atoms with Crippen LogP contribution in [0.3, 0.4) is 0 Å². The predicted octanol–water partition coefficient (Wildman–Crippen LogP) is 2.66. The normalized spacial score (nSPS) is 17.1. The summed E-state index contributed by atoms with van der Waals surface area (Å²) in [7, 11) is 0. The van der Waals surface area contributed by atoms with E-state index < -0.39 is 17.1 Å². The molecule has 0 saturated carbocycles. The van der Waals surface area contributed by atoms with Crippen LogP contribution in [-0.4, -0.2) is 35.2 Å². The smallest absolute Gasteiger partial charge is 0.326 e. The van der Waals surface area contributed by atoms with E-state index in [4.69, 9.17) is 4.74 Å². The maximum Gasteiger partial charge on any atom is 0.326 e. The van der Waals surface area contributed by atoms with Gasteiger partial charge in [-0.3, -0.25) is 19.3 Å². The first-order chi connectivity index (χ1) is 9.52. The Morgan fingerprint density at radius 1 is 1.45 bits per heavy atom. The van der Waals surface area contributed by atoms with Crippen molar-refractivity contribution in [2.75, 3.05) is 13.2 Å². The summed E-state index contributed by atoms with van der Waals surface area (Å²) < 4.78 is 4.75. The van der Waals surface area contributed by atoms with Crippen LogP contribution in [0.1, 0.15) is 17.4 Å². The molecule has 1 saturated heterocycles. The van der Waals surface area contributed by atoms with Crippen molar-refractivity contribution in [2.45, 2.75) is 13.8 Å². The number of thiophene rings is 1. The first-order valence-corrected chi connectivity index (χ1v) is 7.67. The van der Waals surface area contributed by atoms with Gasteiger partial charge >= 0.3 is 5.97 Å². The Morgan fingerprint density at radius 3 is 2.80 bits per heavy atom. The third kappa shape index (κ3) is 3.10. The first-order valence-electron chi connectivity index (χ1n) is 5.98. The summed E-state index contributed by atoms with van der Waals surface area (Å²) >= 11 is 2.35. The molecule has 106 valence electrons. The average molecular weight is 311 g/mol. The first kappa shape index (κ1) is 14.8. The van der Waals surface area contributed by atoms with E-state index in [1.165, 1.54) is 11.3 Å². The van der Waals surface area contributed by atoms with Crippen LogP contribution >= 0.6 is 23.1 Å². The lowest BCUT2D eigenvalue weighted by Gasteiger charge is -2.10. The van der Waals surface area contributed by atoms with Crippen molar-refractivity contribution in [3.63, 3.8) is 0 Å². The Morgan fingerprint density at radius 2 is 2.20 bits per heavy atom. The van der Waals surface area contributed by atoms with Crippen molar-refractivity contribution in [1.29, 1.82) is 0 Å². The van der Waals surface area contributed by atoms with Crippen molar-refractivity contribution in [1.82, 2.24) is 4.90 Å². The Bertz CT molecular complexity index is 591. The molecule has 1 aliphatic rings. The molecule has 20 heavy (non-hydrogen) atoms. The lowest BCUT2D eigenvalue weighted by molar-refractivity contribution is -0.145. The molecule has 0 aromatic carbocycles. The van der Waals surface area contributed by atoms with E-state index in [0.29, 0.717) is 4.91 Å². The predicted molar refractivity (Wildman–Crippen MR) is 78.4 cm³/mol. The summed E-state index contributed by atoms with van der Waals surface area (Å²) in [6, 6.07) is 1.94.